The lowest BCUT2D eigenvalue weighted by molar-refractivity contribution is 0.414. The molecule has 126 valence electrons. The van der Waals surface area contributed by atoms with Crippen LogP contribution in [0.25, 0.3) is 16.9 Å². The molecule has 0 radical (unpaired) electrons. The summed E-state index contributed by atoms with van der Waals surface area (Å²) in [5.41, 5.74) is 2.34. The maximum Gasteiger partial charge on any atom is 0.335 e. The number of ether oxygens (including phenoxy) is 1. The Hall–Kier alpha value is -2.31. The van der Waals surface area contributed by atoms with E-state index < -0.39 is 0 Å². The van der Waals surface area contributed by atoms with Crippen LogP contribution in [-0.4, -0.2) is 34.3 Å². The highest BCUT2D eigenvalue weighted by Gasteiger charge is 2.24. The predicted molar refractivity (Wildman–Crippen MR) is 95.7 cm³/mol. The van der Waals surface area contributed by atoms with E-state index >= 15 is 0 Å². The Morgan fingerprint density at radius 2 is 2.04 bits per heavy atom. The average molecular weight is 347 g/mol. The minimum absolute atomic E-state index is 0. The number of imidazole rings is 1. The number of aromatic nitrogens is 3. The minimum Gasteiger partial charge on any atom is -0.497 e. The fourth-order valence-corrected chi connectivity index (χ4v) is 3.22. The number of fused-ring (bicyclic) bond motifs is 1. The number of benzene rings is 1. The van der Waals surface area contributed by atoms with E-state index in [1.807, 2.05) is 41.0 Å². The molecule has 1 aromatic carbocycles. The van der Waals surface area contributed by atoms with Gasteiger partial charge in [-0.15, -0.1) is 12.4 Å². The molecule has 2 aromatic heterocycles. The summed E-state index contributed by atoms with van der Waals surface area (Å²) in [6, 6.07) is 11.5. The molecule has 1 atom stereocenters. The van der Waals surface area contributed by atoms with Crippen molar-refractivity contribution in [3.8, 4) is 11.4 Å². The number of hydrogen-bond donors (Lipinski definition) is 1. The standard InChI is InChI=1S/C17H18N4O2.ClH/c1-23-14-6-4-12(5-7-14)20-15-3-2-9-19-16(15)21(17(20)22)13-8-10-18-11-13;/h2-7,9,13,18H,8,10-11H2,1H3;1H/t13-;/m0./s1. The molecule has 0 amide bonds. The fourth-order valence-electron chi connectivity index (χ4n) is 3.22. The van der Waals surface area contributed by atoms with Crippen LogP contribution < -0.4 is 15.7 Å². The van der Waals surface area contributed by atoms with Crippen molar-refractivity contribution >= 4 is 23.6 Å². The Morgan fingerprint density at radius 1 is 1.25 bits per heavy atom. The summed E-state index contributed by atoms with van der Waals surface area (Å²) in [7, 11) is 1.63. The molecule has 0 unspecified atom stereocenters. The topological polar surface area (TPSA) is 61.1 Å². The average Bonchev–Trinajstić information content (AvgIpc) is 3.20. The van der Waals surface area contributed by atoms with Crippen molar-refractivity contribution in [2.24, 2.45) is 0 Å². The summed E-state index contributed by atoms with van der Waals surface area (Å²) in [6.07, 6.45) is 2.68. The second kappa shape index (κ2) is 6.67. The summed E-state index contributed by atoms with van der Waals surface area (Å²) in [6.45, 7) is 1.73. The van der Waals surface area contributed by atoms with Gasteiger partial charge < -0.3 is 10.1 Å². The molecule has 1 N–H and O–H groups in total. The van der Waals surface area contributed by atoms with E-state index in [2.05, 4.69) is 10.3 Å². The number of pyridine rings is 1. The van der Waals surface area contributed by atoms with Crippen LogP contribution in [0.1, 0.15) is 12.5 Å². The molecular formula is C17H19ClN4O2. The Balaban J connectivity index is 0.00000169. The molecule has 0 saturated carbocycles. The summed E-state index contributed by atoms with van der Waals surface area (Å²) in [5, 5.41) is 3.31. The Labute approximate surface area is 145 Å². The third kappa shape index (κ3) is 2.57. The zero-order valence-corrected chi connectivity index (χ0v) is 14.1. The van der Waals surface area contributed by atoms with E-state index in [1.54, 1.807) is 17.9 Å². The normalized spacial score (nSPS) is 17.0. The zero-order chi connectivity index (χ0) is 15.8. The van der Waals surface area contributed by atoms with Crippen LogP contribution in [0.2, 0.25) is 0 Å². The van der Waals surface area contributed by atoms with Gasteiger partial charge in [0.1, 0.15) is 5.75 Å². The molecule has 1 aliphatic rings. The van der Waals surface area contributed by atoms with E-state index in [1.165, 1.54) is 0 Å². The molecule has 4 rings (SSSR count). The SMILES string of the molecule is COc1ccc(-n2c(=O)n([C@H]3CCNC3)c3ncccc32)cc1.Cl. The number of hydrogen-bond acceptors (Lipinski definition) is 4. The molecular weight excluding hydrogens is 328 g/mol. The van der Waals surface area contributed by atoms with Crippen LogP contribution in [0.3, 0.4) is 0 Å². The second-order valence-electron chi connectivity index (χ2n) is 5.68. The molecule has 24 heavy (non-hydrogen) atoms. The molecule has 1 aliphatic heterocycles. The number of nitrogens with zero attached hydrogens (tertiary/aromatic N) is 3. The maximum atomic E-state index is 13.1. The van der Waals surface area contributed by atoms with E-state index in [0.717, 1.165) is 42.1 Å². The summed E-state index contributed by atoms with van der Waals surface area (Å²) in [5.74, 6) is 0.767. The van der Waals surface area contributed by atoms with Crippen molar-refractivity contribution in [2.75, 3.05) is 20.2 Å². The molecule has 3 heterocycles. The Bertz CT molecular complexity index is 895. The summed E-state index contributed by atoms with van der Waals surface area (Å²) < 4.78 is 8.74. The quantitative estimate of drug-likeness (QED) is 0.789. The third-order valence-corrected chi connectivity index (χ3v) is 4.36. The lowest BCUT2D eigenvalue weighted by Crippen LogP contribution is -2.28. The molecule has 0 bridgehead atoms. The van der Waals surface area contributed by atoms with Gasteiger partial charge in [-0.05, 0) is 49.4 Å². The molecule has 1 saturated heterocycles. The smallest absolute Gasteiger partial charge is 0.335 e. The van der Waals surface area contributed by atoms with Gasteiger partial charge >= 0.3 is 5.69 Å². The highest BCUT2D eigenvalue weighted by Crippen LogP contribution is 2.23. The van der Waals surface area contributed by atoms with Crippen LogP contribution in [0.15, 0.2) is 47.4 Å². The van der Waals surface area contributed by atoms with Crippen LogP contribution in [-0.2, 0) is 0 Å². The third-order valence-electron chi connectivity index (χ3n) is 4.36. The largest absolute Gasteiger partial charge is 0.497 e. The number of halogens is 1. The lowest BCUT2D eigenvalue weighted by atomic mass is 10.2. The first-order chi connectivity index (χ1) is 11.3. The molecule has 6 nitrogen and oxygen atoms in total. The molecule has 0 spiro atoms. The number of nitrogens with one attached hydrogen (secondary N) is 1. The van der Waals surface area contributed by atoms with Crippen molar-refractivity contribution in [1.29, 1.82) is 0 Å². The predicted octanol–water partition coefficient (Wildman–Crippen LogP) is 2.15. The first-order valence-corrected chi connectivity index (χ1v) is 7.72. The van der Waals surface area contributed by atoms with E-state index in [4.69, 9.17) is 4.74 Å². The number of rotatable bonds is 3. The second-order valence-corrected chi connectivity index (χ2v) is 5.68. The van der Waals surface area contributed by atoms with Gasteiger partial charge in [-0.25, -0.2) is 9.78 Å². The highest BCUT2D eigenvalue weighted by atomic mass is 35.5. The van der Waals surface area contributed by atoms with Crippen LogP contribution >= 0.6 is 12.4 Å². The first-order valence-electron chi connectivity index (χ1n) is 7.72. The van der Waals surface area contributed by atoms with Crippen LogP contribution in [0.4, 0.5) is 0 Å². The van der Waals surface area contributed by atoms with Gasteiger partial charge in [0.2, 0.25) is 0 Å². The van der Waals surface area contributed by atoms with Crippen LogP contribution in [0.5, 0.6) is 5.75 Å². The summed E-state index contributed by atoms with van der Waals surface area (Å²) >= 11 is 0. The maximum absolute atomic E-state index is 13.1. The van der Waals surface area contributed by atoms with Crippen molar-refractivity contribution in [3.05, 3.63) is 53.1 Å². The van der Waals surface area contributed by atoms with Gasteiger partial charge in [0.25, 0.3) is 0 Å². The van der Waals surface area contributed by atoms with Crippen LogP contribution in [0, 0.1) is 0 Å². The van der Waals surface area contributed by atoms with Gasteiger partial charge in [-0.1, -0.05) is 0 Å². The van der Waals surface area contributed by atoms with Crippen molar-refractivity contribution in [3.63, 3.8) is 0 Å². The van der Waals surface area contributed by atoms with Gasteiger partial charge in [0.05, 0.1) is 24.4 Å². The fraction of sp³-hybridized carbons (Fsp3) is 0.294. The van der Waals surface area contributed by atoms with E-state index in [0.29, 0.717) is 0 Å². The number of methoxy groups -OCH3 is 1. The van der Waals surface area contributed by atoms with Gasteiger partial charge in [-0.2, -0.15) is 0 Å². The van der Waals surface area contributed by atoms with E-state index in [-0.39, 0.29) is 24.1 Å². The molecule has 1 fully saturated rings. The highest BCUT2D eigenvalue weighted by molar-refractivity contribution is 5.85. The van der Waals surface area contributed by atoms with Crippen molar-refractivity contribution in [1.82, 2.24) is 19.4 Å². The molecule has 0 aliphatic carbocycles. The minimum atomic E-state index is -0.0439. The van der Waals surface area contributed by atoms with Gasteiger partial charge in [0.15, 0.2) is 5.65 Å². The monoisotopic (exact) mass is 346 g/mol. The Kier molecular flexibility index (Phi) is 4.59. The zero-order valence-electron chi connectivity index (χ0n) is 13.3. The van der Waals surface area contributed by atoms with Gasteiger partial charge in [-0.3, -0.25) is 9.13 Å². The molecule has 3 aromatic rings. The lowest BCUT2D eigenvalue weighted by Gasteiger charge is -2.09. The van der Waals surface area contributed by atoms with Crippen molar-refractivity contribution < 1.29 is 4.74 Å². The summed E-state index contributed by atoms with van der Waals surface area (Å²) in [4.78, 5) is 17.5. The Morgan fingerprint density at radius 3 is 2.71 bits per heavy atom. The van der Waals surface area contributed by atoms with E-state index in [9.17, 15) is 4.79 Å². The molecule has 7 heteroatoms. The van der Waals surface area contributed by atoms with Crippen molar-refractivity contribution in [2.45, 2.75) is 12.5 Å². The first kappa shape index (κ1) is 16.5. The van der Waals surface area contributed by atoms with Gasteiger partial charge in [0, 0.05) is 12.7 Å².